The predicted molar refractivity (Wildman–Crippen MR) is 123 cm³/mol. The standard InChI is InChI=1S/C26H18N4O2/c1-32-20-14-12-18(13-15-20)22-21(16-27)28-25-23(17-8-4-2-5-9-17)24(29-30(25)26(22)31)19-10-6-3-7-11-19/h2-15,28H,1H3. The van der Waals surface area contributed by atoms with Crippen LogP contribution in [0.2, 0.25) is 0 Å². The van der Waals surface area contributed by atoms with Crippen molar-refractivity contribution < 1.29 is 4.74 Å². The van der Waals surface area contributed by atoms with Gasteiger partial charge < -0.3 is 9.72 Å². The molecule has 32 heavy (non-hydrogen) atoms. The first-order chi connectivity index (χ1) is 15.7. The Labute approximate surface area is 184 Å². The van der Waals surface area contributed by atoms with Gasteiger partial charge in [-0.25, -0.2) is 0 Å². The fourth-order valence-corrected chi connectivity index (χ4v) is 3.86. The Hall–Kier alpha value is -4.63. The quantitative estimate of drug-likeness (QED) is 0.450. The molecule has 2 heterocycles. The Bertz CT molecular complexity index is 1510. The van der Waals surface area contributed by atoms with Crippen molar-refractivity contribution in [3.05, 3.63) is 101 Å². The van der Waals surface area contributed by atoms with Crippen molar-refractivity contribution in [3.8, 4) is 45.3 Å². The second kappa shape index (κ2) is 7.89. The van der Waals surface area contributed by atoms with Gasteiger partial charge in [0.15, 0.2) is 0 Å². The van der Waals surface area contributed by atoms with E-state index in [1.54, 1.807) is 31.4 Å². The molecule has 0 saturated carbocycles. The normalized spacial score (nSPS) is 10.8. The van der Waals surface area contributed by atoms with Crippen LogP contribution in [0.5, 0.6) is 5.75 Å². The first-order valence-corrected chi connectivity index (χ1v) is 10.1. The molecule has 0 amide bonds. The number of benzene rings is 3. The molecule has 154 valence electrons. The van der Waals surface area contributed by atoms with Crippen molar-refractivity contribution in [2.24, 2.45) is 0 Å². The monoisotopic (exact) mass is 418 g/mol. The van der Waals surface area contributed by atoms with Crippen LogP contribution in [0.15, 0.2) is 89.7 Å². The average molecular weight is 418 g/mol. The smallest absolute Gasteiger partial charge is 0.283 e. The molecule has 6 nitrogen and oxygen atoms in total. The minimum Gasteiger partial charge on any atom is -0.497 e. The summed E-state index contributed by atoms with van der Waals surface area (Å²) in [5.41, 5.74) is 4.41. The Balaban J connectivity index is 1.86. The summed E-state index contributed by atoms with van der Waals surface area (Å²) < 4.78 is 6.56. The molecule has 3 aromatic carbocycles. The van der Waals surface area contributed by atoms with E-state index in [9.17, 15) is 10.1 Å². The lowest BCUT2D eigenvalue weighted by Gasteiger charge is -2.07. The SMILES string of the molecule is COc1ccc(-c2c(C#N)[nH]c3c(-c4ccccc4)c(-c4ccccc4)nn3c2=O)cc1. The van der Waals surface area contributed by atoms with Gasteiger partial charge in [-0.05, 0) is 23.3 Å². The third-order valence-corrected chi connectivity index (χ3v) is 5.39. The minimum absolute atomic E-state index is 0.185. The van der Waals surface area contributed by atoms with Gasteiger partial charge in [0, 0.05) is 5.56 Å². The number of hydrogen-bond acceptors (Lipinski definition) is 4. The Morgan fingerprint density at radius 3 is 2.03 bits per heavy atom. The third kappa shape index (κ3) is 3.13. The summed E-state index contributed by atoms with van der Waals surface area (Å²) in [6.07, 6.45) is 0. The maximum Gasteiger partial charge on any atom is 0.283 e. The van der Waals surface area contributed by atoms with Crippen LogP contribution in [-0.2, 0) is 0 Å². The fraction of sp³-hybridized carbons (Fsp3) is 0.0385. The number of methoxy groups -OCH3 is 1. The van der Waals surface area contributed by atoms with E-state index in [4.69, 9.17) is 9.84 Å². The largest absolute Gasteiger partial charge is 0.497 e. The number of fused-ring (bicyclic) bond motifs is 1. The van der Waals surface area contributed by atoms with Gasteiger partial charge in [0.25, 0.3) is 5.56 Å². The molecule has 0 radical (unpaired) electrons. The van der Waals surface area contributed by atoms with Crippen LogP contribution in [0, 0.1) is 11.3 Å². The van der Waals surface area contributed by atoms with Crippen LogP contribution in [0.1, 0.15) is 5.69 Å². The molecule has 0 fully saturated rings. The van der Waals surface area contributed by atoms with E-state index < -0.39 is 0 Å². The van der Waals surface area contributed by atoms with Crippen LogP contribution in [0.3, 0.4) is 0 Å². The minimum atomic E-state index is -0.361. The summed E-state index contributed by atoms with van der Waals surface area (Å²) in [6.45, 7) is 0. The molecule has 0 aliphatic rings. The van der Waals surface area contributed by atoms with Crippen molar-refractivity contribution in [3.63, 3.8) is 0 Å². The molecule has 0 aliphatic carbocycles. The molecule has 0 unspecified atom stereocenters. The van der Waals surface area contributed by atoms with Crippen molar-refractivity contribution in [1.29, 1.82) is 5.26 Å². The fourth-order valence-electron chi connectivity index (χ4n) is 3.86. The van der Waals surface area contributed by atoms with E-state index in [1.807, 2.05) is 60.7 Å². The molecular weight excluding hydrogens is 400 g/mol. The maximum absolute atomic E-state index is 13.6. The van der Waals surface area contributed by atoms with Crippen LogP contribution < -0.4 is 10.3 Å². The van der Waals surface area contributed by atoms with E-state index >= 15 is 0 Å². The number of nitriles is 1. The van der Waals surface area contributed by atoms with Crippen molar-refractivity contribution in [2.45, 2.75) is 0 Å². The van der Waals surface area contributed by atoms with Crippen LogP contribution in [-0.4, -0.2) is 21.7 Å². The number of ether oxygens (including phenoxy) is 1. The van der Waals surface area contributed by atoms with E-state index in [1.165, 1.54) is 4.52 Å². The van der Waals surface area contributed by atoms with Gasteiger partial charge >= 0.3 is 0 Å². The van der Waals surface area contributed by atoms with Crippen LogP contribution in [0.4, 0.5) is 0 Å². The highest BCUT2D eigenvalue weighted by atomic mass is 16.5. The van der Waals surface area contributed by atoms with Gasteiger partial charge in [-0.1, -0.05) is 72.8 Å². The highest BCUT2D eigenvalue weighted by Gasteiger charge is 2.22. The number of rotatable bonds is 4. The summed E-state index contributed by atoms with van der Waals surface area (Å²) in [7, 11) is 1.58. The summed E-state index contributed by atoms with van der Waals surface area (Å²) in [4.78, 5) is 16.8. The van der Waals surface area contributed by atoms with Gasteiger partial charge in [-0.2, -0.15) is 14.9 Å². The molecule has 0 spiro atoms. The number of aromatic amines is 1. The van der Waals surface area contributed by atoms with Crippen molar-refractivity contribution in [2.75, 3.05) is 7.11 Å². The van der Waals surface area contributed by atoms with Gasteiger partial charge in [0.1, 0.15) is 28.9 Å². The van der Waals surface area contributed by atoms with E-state index in [-0.39, 0.29) is 16.8 Å². The molecule has 0 atom stereocenters. The zero-order chi connectivity index (χ0) is 22.1. The first-order valence-electron chi connectivity index (χ1n) is 10.1. The highest BCUT2D eigenvalue weighted by Crippen LogP contribution is 2.34. The Kier molecular flexibility index (Phi) is 4.77. The van der Waals surface area contributed by atoms with Crippen molar-refractivity contribution >= 4 is 5.65 Å². The number of aromatic nitrogens is 3. The summed E-state index contributed by atoms with van der Waals surface area (Å²) in [5.74, 6) is 0.668. The van der Waals surface area contributed by atoms with E-state index in [0.717, 1.165) is 16.7 Å². The highest BCUT2D eigenvalue weighted by molar-refractivity contribution is 5.91. The second-order valence-corrected chi connectivity index (χ2v) is 7.24. The molecule has 0 saturated heterocycles. The summed E-state index contributed by atoms with van der Waals surface area (Å²) in [6, 6.07) is 28.6. The first kappa shape index (κ1) is 19.3. The van der Waals surface area contributed by atoms with Gasteiger partial charge in [0.05, 0.1) is 18.2 Å². The van der Waals surface area contributed by atoms with Crippen LogP contribution in [0.25, 0.3) is 39.2 Å². The lowest BCUT2D eigenvalue weighted by molar-refractivity contribution is 0.415. The molecule has 5 rings (SSSR count). The molecule has 5 aromatic rings. The number of nitrogens with zero attached hydrogens (tertiary/aromatic N) is 3. The molecule has 2 aromatic heterocycles. The predicted octanol–water partition coefficient (Wildman–Crippen LogP) is 4.90. The Morgan fingerprint density at radius 1 is 0.844 bits per heavy atom. The molecule has 1 N–H and O–H groups in total. The average Bonchev–Trinajstić information content (AvgIpc) is 3.25. The number of hydrogen-bond donors (Lipinski definition) is 1. The molecule has 6 heteroatoms. The van der Waals surface area contributed by atoms with Gasteiger partial charge in [-0.15, -0.1) is 0 Å². The van der Waals surface area contributed by atoms with E-state index in [0.29, 0.717) is 22.7 Å². The second-order valence-electron chi connectivity index (χ2n) is 7.24. The van der Waals surface area contributed by atoms with Crippen LogP contribution >= 0.6 is 0 Å². The lowest BCUT2D eigenvalue weighted by atomic mass is 10.0. The lowest BCUT2D eigenvalue weighted by Crippen LogP contribution is -2.19. The number of H-pyrrole nitrogens is 1. The van der Waals surface area contributed by atoms with Gasteiger partial charge in [-0.3, -0.25) is 4.79 Å². The van der Waals surface area contributed by atoms with Gasteiger partial charge in [0.2, 0.25) is 0 Å². The van der Waals surface area contributed by atoms with E-state index in [2.05, 4.69) is 11.1 Å². The topological polar surface area (TPSA) is 83.2 Å². The molecule has 0 bridgehead atoms. The third-order valence-electron chi connectivity index (χ3n) is 5.39. The molecular formula is C26H18N4O2. The number of nitrogens with one attached hydrogen (secondary N) is 1. The molecule has 0 aliphatic heterocycles. The Morgan fingerprint density at radius 2 is 1.44 bits per heavy atom. The van der Waals surface area contributed by atoms with Crippen molar-refractivity contribution in [1.82, 2.24) is 14.6 Å². The maximum atomic E-state index is 13.6. The zero-order valence-corrected chi connectivity index (χ0v) is 17.2. The summed E-state index contributed by atoms with van der Waals surface area (Å²) >= 11 is 0. The zero-order valence-electron chi connectivity index (χ0n) is 17.2. The summed E-state index contributed by atoms with van der Waals surface area (Å²) in [5, 5.41) is 14.6.